The molecule has 4 rings (SSSR count). The van der Waals surface area contributed by atoms with Gasteiger partial charge in [-0.15, -0.1) is 0 Å². The Morgan fingerprint density at radius 1 is 0.971 bits per heavy atom. The molecule has 2 aliphatic heterocycles. The number of amides is 1. The molecule has 0 radical (unpaired) electrons. The van der Waals surface area contributed by atoms with Gasteiger partial charge in [0.2, 0.25) is 15.9 Å². The molecule has 0 bridgehead atoms. The molecule has 1 atom stereocenters. The van der Waals surface area contributed by atoms with E-state index in [2.05, 4.69) is 34.3 Å². The number of piperazine rings is 1. The summed E-state index contributed by atoms with van der Waals surface area (Å²) in [5.74, 6) is 0.720. The number of hydrogen-bond donors (Lipinski definition) is 1. The highest BCUT2D eigenvalue weighted by Crippen LogP contribution is 2.26. The van der Waals surface area contributed by atoms with Crippen molar-refractivity contribution in [2.24, 2.45) is 0 Å². The van der Waals surface area contributed by atoms with Gasteiger partial charge in [-0.2, -0.15) is 4.31 Å². The lowest BCUT2D eigenvalue weighted by molar-refractivity contribution is -0.118. The van der Waals surface area contributed by atoms with Crippen molar-refractivity contribution in [1.29, 1.82) is 0 Å². The van der Waals surface area contributed by atoms with Crippen LogP contribution in [0.2, 0.25) is 0 Å². The van der Waals surface area contributed by atoms with Gasteiger partial charge < -0.3 is 10.1 Å². The summed E-state index contributed by atoms with van der Waals surface area (Å²) in [6.45, 7) is 3.86. The second-order valence-corrected chi connectivity index (χ2v) is 11.0. The number of nitrogens with zero attached hydrogens (tertiary/aromatic N) is 3. The van der Waals surface area contributed by atoms with Gasteiger partial charge >= 0.3 is 0 Å². The highest BCUT2D eigenvalue weighted by atomic mass is 32.2. The molecule has 2 aromatic carbocycles. The Balaban J connectivity index is 1.34. The minimum atomic E-state index is -3.47. The minimum Gasteiger partial charge on any atom is -0.497 e. The van der Waals surface area contributed by atoms with Crippen LogP contribution in [0, 0.1) is 0 Å². The molecule has 0 aliphatic carbocycles. The van der Waals surface area contributed by atoms with Crippen LogP contribution in [0.25, 0.3) is 0 Å². The van der Waals surface area contributed by atoms with Crippen LogP contribution in [0.3, 0.4) is 0 Å². The number of carbonyl (C=O) groups is 1. The molecule has 9 heteroatoms. The number of nitrogens with one attached hydrogen (secondary N) is 1. The molecule has 2 fully saturated rings. The van der Waals surface area contributed by atoms with Crippen LogP contribution in [-0.2, 0) is 14.8 Å². The smallest absolute Gasteiger partial charge is 0.243 e. The van der Waals surface area contributed by atoms with E-state index in [-0.39, 0.29) is 23.4 Å². The molecule has 0 unspecified atom stereocenters. The fourth-order valence-electron chi connectivity index (χ4n) is 4.63. The van der Waals surface area contributed by atoms with Gasteiger partial charge in [0.25, 0.3) is 0 Å². The van der Waals surface area contributed by atoms with Crippen LogP contribution in [0.4, 0.5) is 5.69 Å². The van der Waals surface area contributed by atoms with Crippen LogP contribution in [0.1, 0.15) is 30.9 Å². The van der Waals surface area contributed by atoms with Gasteiger partial charge in [0.15, 0.2) is 0 Å². The number of piperidine rings is 1. The van der Waals surface area contributed by atoms with Crippen molar-refractivity contribution in [3.63, 3.8) is 0 Å². The largest absolute Gasteiger partial charge is 0.497 e. The van der Waals surface area contributed by atoms with Crippen molar-refractivity contribution in [2.45, 2.75) is 30.2 Å². The standard InChI is InChI=1S/C25H34N4O4S/c1-27-16-17-28(18-24(27)20-6-10-22(33-2)11-7-20)19-25(30)26-21-8-12-23(13-9-21)34(31,32)29-14-4-3-5-15-29/h6-13,24H,3-5,14-19H2,1-2H3,(H,26,30)/t24-/m0/s1. The zero-order valence-corrected chi connectivity index (χ0v) is 20.8. The first-order valence-corrected chi connectivity index (χ1v) is 13.3. The predicted molar refractivity (Wildman–Crippen MR) is 132 cm³/mol. The predicted octanol–water partition coefficient (Wildman–Crippen LogP) is 2.80. The normalized spacial score (nSPS) is 20.7. The molecule has 0 aromatic heterocycles. The van der Waals surface area contributed by atoms with Crippen molar-refractivity contribution in [1.82, 2.24) is 14.1 Å². The Hall–Kier alpha value is -2.46. The Morgan fingerprint density at radius 2 is 1.65 bits per heavy atom. The van der Waals surface area contributed by atoms with Crippen LogP contribution < -0.4 is 10.1 Å². The van der Waals surface area contributed by atoms with Gasteiger partial charge in [-0.1, -0.05) is 18.6 Å². The third kappa shape index (κ3) is 5.78. The van der Waals surface area contributed by atoms with E-state index in [4.69, 9.17) is 4.74 Å². The van der Waals surface area contributed by atoms with Gasteiger partial charge in [0.05, 0.1) is 18.6 Å². The van der Waals surface area contributed by atoms with Crippen molar-refractivity contribution in [3.8, 4) is 5.75 Å². The number of benzene rings is 2. The molecule has 2 saturated heterocycles. The average molecular weight is 487 g/mol. The summed E-state index contributed by atoms with van der Waals surface area (Å²) in [5, 5.41) is 2.91. The number of anilines is 1. The number of hydrogen-bond acceptors (Lipinski definition) is 6. The van der Waals surface area contributed by atoms with E-state index in [9.17, 15) is 13.2 Å². The highest BCUT2D eigenvalue weighted by molar-refractivity contribution is 7.89. The molecule has 1 amide bonds. The number of methoxy groups -OCH3 is 1. The van der Waals surface area contributed by atoms with Crippen molar-refractivity contribution in [2.75, 3.05) is 58.7 Å². The molecular weight excluding hydrogens is 452 g/mol. The summed E-state index contributed by atoms with van der Waals surface area (Å²) >= 11 is 0. The molecule has 2 aromatic rings. The lowest BCUT2D eigenvalue weighted by Gasteiger charge is -2.39. The Kier molecular flexibility index (Phi) is 7.88. The molecule has 2 heterocycles. The first-order valence-electron chi connectivity index (χ1n) is 11.8. The minimum absolute atomic E-state index is 0.107. The lowest BCUT2D eigenvalue weighted by Crippen LogP contribution is -2.48. The molecular formula is C25H34N4O4S. The van der Waals surface area contributed by atoms with Crippen molar-refractivity contribution >= 4 is 21.6 Å². The third-order valence-corrected chi connectivity index (χ3v) is 8.60. The van der Waals surface area contributed by atoms with Gasteiger partial charge in [0.1, 0.15) is 5.75 Å². The molecule has 8 nitrogen and oxygen atoms in total. The van der Waals surface area contributed by atoms with Crippen LogP contribution >= 0.6 is 0 Å². The second kappa shape index (κ2) is 10.9. The average Bonchev–Trinajstić information content (AvgIpc) is 2.86. The summed E-state index contributed by atoms with van der Waals surface area (Å²) in [6.07, 6.45) is 2.88. The third-order valence-electron chi connectivity index (χ3n) is 6.69. The Morgan fingerprint density at radius 3 is 2.29 bits per heavy atom. The molecule has 184 valence electrons. The van der Waals surface area contributed by atoms with Gasteiger partial charge in [-0.3, -0.25) is 14.6 Å². The van der Waals surface area contributed by atoms with Gasteiger partial charge in [0, 0.05) is 44.5 Å². The molecule has 1 N–H and O–H groups in total. The van der Waals surface area contributed by atoms with E-state index in [1.54, 1.807) is 35.7 Å². The van der Waals surface area contributed by atoms with E-state index in [1.165, 1.54) is 5.56 Å². The number of sulfonamides is 1. The molecule has 0 saturated carbocycles. The monoisotopic (exact) mass is 486 g/mol. The lowest BCUT2D eigenvalue weighted by atomic mass is 10.0. The van der Waals surface area contributed by atoms with Gasteiger partial charge in [-0.25, -0.2) is 8.42 Å². The summed E-state index contributed by atoms with van der Waals surface area (Å²) < 4.78 is 32.4. The summed E-state index contributed by atoms with van der Waals surface area (Å²) in [4.78, 5) is 17.4. The fourth-order valence-corrected chi connectivity index (χ4v) is 6.15. The molecule has 0 spiro atoms. The Labute approximate surface area is 202 Å². The van der Waals surface area contributed by atoms with E-state index in [0.29, 0.717) is 18.8 Å². The Bertz CT molecular complexity index is 1070. The first kappa shape index (κ1) is 24.7. The number of carbonyl (C=O) groups excluding carboxylic acids is 1. The van der Waals surface area contributed by atoms with Crippen molar-refractivity contribution < 1.29 is 17.9 Å². The van der Waals surface area contributed by atoms with Crippen LogP contribution in [0.15, 0.2) is 53.4 Å². The summed E-state index contributed by atoms with van der Waals surface area (Å²) in [5.41, 5.74) is 1.79. The maximum absolute atomic E-state index is 12.8. The molecule has 2 aliphatic rings. The highest BCUT2D eigenvalue weighted by Gasteiger charge is 2.28. The van der Waals surface area contributed by atoms with E-state index in [1.807, 2.05) is 12.1 Å². The maximum Gasteiger partial charge on any atom is 0.243 e. The maximum atomic E-state index is 12.8. The number of ether oxygens (including phenoxy) is 1. The summed E-state index contributed by atoms with van der Waals surface area (Å²) in [7, 11) is 0.287. The first-order chi connectivity index (χ1) is 16.4. The number of likely N-dealkylation sites (N-methyl/N-ethyl adjacent to an activating group) is 1. The van der Waals surface area contributed by atoms with Crippen LogP contribution in [-0.4, -0.2) is 81.9 Å². The van der Waals surface area contributed by atoms with E-state index >= 15 is 0 Å². The SMILES string of the molecule is COc1ccc([C@@H]2CN(CC(=O)Nc3ccc(S(=O)(=O)N4CCCCC4)cc3)CCN2C)cc1. The molecule has 34 heavy (non-hydrogen) atoms. The topological polar surface area (TPSA) is 82.2 Å². The second-order valence-electron chi connectivity index (χ2n) is 9.04. The quantitative estimate of drug-likeness (QED) is 0.648. The zero-order valence-electron chi connectivity index (χ0n) is 19.9. The fraction of sp³-hybridized carbons (Fsp3) is 0.480. The van der Waals surface area contributed by atoms with Crippen LogP contribution in [0.5, 0.6) is 5.75 Å². The number of rotatable bonds is 7. The zero-order chi connectivity index (χ0) is 24.1. The van der Waals surface area contributed by atoms with Gasteiger partial charge in [-0.05, 0) is 61.9 Å². The summed E-state index contributed by atoms with van der Waals surface area (Å²) in [6, 6.07) is 14.8. The van der Waals surface area contributed by atoms with E-state index in [0.717, 1.165) is 44.6 Å². The van der Waals surface area contributed by atoms with Crippen molar-refractivity contribution in [3.05, 3.63) is 54.1 Å². The van der Waals surface area contributed by atoms with E-state index < -0.39 is 10.0 Å².